The summed E-state index contributed by atoms with van der Waals surface area (Å²) in [6.07, 6.45) is 0.222. The Labute approximate surface area is 201 Å². The van der Waals surface area contributed by atoms with E-state index < -0.39 is 16.0 Å². The van der Waals surface area contributed by atoms with Crippen LogP contribution in [0.15, 0.2) is 53.4 Å². The van der Waals surface area contributed by atoms with Crippen molar-refractivity contribution in [1.29, 1.82) is 0 Å². The molecular weight excluding hydrogens is 435 g/mol. The Balaban J connectivity index is 0.000000575. The summed E-state index contributed by atoms with van der Waals surface area (Å²) < 4.78 is 28.7. The number of hydrogen-bond acceptors (Lipinski definition) is 4. The van der Waals surface area contributed by atoms with Gasteiger partial charge in [0.25, 0.3) is 0 Å². The zero-order chi connectivity index (χ0) is 22.3. The third-order valence-corrected chi connectivity index (χ3v) is 8.25. The van der Waals surface area contributed by atoms with E-state index in [0.717, 1.165) is 52.6 Å². The standard InChI is InChI=1S/C18H20ClN2O2S.C3H6O2.Na/c1-15-13-20(14-16-6-5-7-17(19)12-16)10-11-21(15)24(22,23)18-8-3-2-4-9-18;1-2-3(4)5;/h2-5,7-9,12,15H,10-11,13-14H2,1H3;2H2,1H3,(H,4,5);/t15-;;/m0../s1. The normalized spacial score (nSPS) is 17.8. The average Bonchev–Trinajstić information content (AvgIpc) is 2.71. The van der Waals surface area contributed by atoms with Gasteiger partial charge in [-0.25, -0.2) is 0 Å². The quantitative estimate of drug-likeness (QED) is 0.694. The average molecular weight is 461 g/mol. The number of hydrogen-bond donors (Lipinski definition) is 1. The Hall–Kier alpha value is -0.930. The summed E-state index contributed by atoms with van der Waals surface area (Å²) in [4.78, 5) is 12.0. The molecule has 1 aliphatic heterocycles. The fourth-order valence-electron chi connectivity index (χ4n) is 3.30. The van der Waals surface area contributed by atoms with Crippen LogP contribution in [0.3, 0.4) is 0 Å². The van der Waals surface area contributed by atoms with Gasteiger partial charge >= 0.3 is 179 Å². The third kappa shape index (κ3) is 7.05. The van der Waals surface area contributed by atoms with Gasteiger partial charge in [-0.2, -0.15) is 0 Å². The molecule has 0 spiro atoms. The van der Waals surface area contributed by atoms with Gasteiger partial charge in [-0.15, -0.1) is 0 Å². The molecule has 2 aromatic rings. The van der Waals surface area contributed by atoms with Crippen molar-refractivity contribution in [1.82, 2.24) is 9.21 Å². The minimum absolute atomic E-state index is 0.0595. The monoisotopic (exact) mass is 460 g/mol. The van der Waals surface area contributed by atoms with Gasteiger partial charge < -0.3 is 5.11 Å². The molecule has 9 heteroatoms. The number of rotatable bonds is 5. The van der Waals surface area contributed by atoms with Gasteiger partial charge in [-0.05, 0) is 0 Å². The van der Waals surface area contributed by atoms with Gasteiger partial charge in [0.1, 0.15) is 0 Å². The summed E-state index contributed by atoms with van der Waals surface area (Å²) in [5.41, 5.74) is 1.26. The summed E-state index contributed by atoms with van der Waals surface area (Å²) in [7, 11) is -3.43. The molecule has 0 amide bonds. The molecule has 1 saturated heterocycles. The molecule has 0 aromatic heterocycles. The van der Waals surface area contributed by atoms with Crippen LogP contribution in [-0.4, -0.2) is 82.3 Å². The Morgan fingerprint density at radius 2 is 1.83 bits per heavy atom. The second-order valence-corrected chi connectivity index (χ2v) is 10.7. The third-order valence-electron chi connectivity index (χ3n) is 5.01. The van der Waals surface area contributed by atoms with E-state index >= 15 is 0 Å². The van der Waals surface area contributed by atoms with E-state index in [-0.39, 0.29) is 12.5 Å². The Bertz CT molecular complexity index is 957. The van der Waals surface area contributed by atoms with Gasteiger partial charge in [0.2, 0.25) is 0 Å². The number of carboxylic acid groups (broad SMARTS) is 1. The molecule has 6 nitrogen and oxygen atoms in total. The number of nitrogens with zero attached hydrogens (tertiary/aromatic N) is 2. The van der Waals surface area contributed by atoms with Gasteiger partial charge in [0.15, 0.2) is 0 Å². The maximum absolute atomic E-state index is 12.9. The molecule has 1 heterocycles. The first-order valence-electron chi connectivity index (χ1n) is 9.91. The molecule has 0 bridgehead atoms. The minimum atomic E-state index is -3.43. The Kier molecular flexibility index (Phi) is 9.81. The molecule has 30 heavy (non-hydrogen) atoms. The molecule has 0 saturated carbocycles. The second kappa shape index (κ2) is 11.6. The fraction of sp³-hybridized carbons (Fsp3) is 0.381. The zero-order valence-electron chi connectivity index (χ0n) is 17.6. The van der Waals surface area contributed by atoms with E-state index in [9.17, 15) is 13.2 Å². The Morgan fingerprint density at radius 1 is 1.20 bits per heavy atom. The molecule has 2 aromatic carbocycles. The topological polar surface area (TPSA) is 77.9 Å². The van der Waals surface area contributed by atoms with Gasteiger partial charge in [0, 0.05) is 6.42 Å². The molecular formula is C21H26ClN2NaO4S. The number of piperazine rings is 1. The van der Waals surface area contributed by atoms with E-state index in [2.05, 4.69) is 11.0 Å². The van der Waals surface area contributed by atoms with E-state index in [0.29, 0.717) is 11.4 Å². The predicted molar refractivity (Wildman–Crippen MR) is 120 cm³/mol. The van der Waals surface area contributed by atoms with Crippen LogP contribution < -0.4 is 2.81 Å². The number of carboxylic acids is 1. The van der Waals surface area contributed by atoms with Crippen LogP contribution in [0, 0.1) is 0 Å². The van der Waals surface area contributed by atoms with Crippen LogP contribution in [-0.2, 0) is 21.4 Å². The molecule has 1 fully saturated rings. The van der Waals surface area contributed by atoms with Crippen molar-refractivity contribution < 1.29 is 18.3 Å². The van der Waals surface area contributed by atoms with Crippen LogP contribution in [0.25, 0.3) is 0 Å². The van der Waals surface area contributed by atoms with E-state index in [1.165, 1.54) is 8.38 Å². The SMILES string of the molecule is CCC(=O)O.C[C@H]1CN(Cc2cc(Cl)cc[c]2[Na])CCN1S(=O)(=O)c1ccccc1. The van der Waals surface area contributed by atoms with Crippen LogP contribution in [0.4, 0.5) is 0 Å². The molecule has 0 radical (unpaired) electrons. The van der Waals surface area contributed by atoms with Crippen LogP contribution >= 0.6 is 11.6 Å². The van der Waals surface area contributed by atoms with Gasteiger partial charge in [0.05, 0.1) is 0 Å². The van der Waals surface area contributed by atoms with Crippen LogP contribution in [0.1, 0.15) is 25.8 Å². The van der Waals surface area contributed by atoms with E-state index in [4.69, 9.17) is 16.7 Å². The van der Waals surface area contributed by atoms with Crippen LogP contribution in [0.2, 0.25) is 5.02 Å². The van der Waals surface area contributed by atoms with E-state index in [1.54, 1.807) is 35.5 Å². The van der Waals surface area contributed by atoms with Crippen molar-refractivity contribution in [3.63, 3.8) is 0 Å². The number of aliphatic carboxylic acids is 1. The molecule has 0 unspecified atom stereocenters. The summed E-state index contributed by atoms with van der Waals surface area (Å²) in [5, 5.41) is 8.48. The number of halogens is 1. The molecule has 0 aliphatic carbocycles. The molecule has 1 aliphatic rings. The van der Waals surface area contributed by atoms with Gasteiger partial charge in [-0.1, -0.05) is 6.92 Å². The number of sulfonamides is 1. The van der Waals surface area contributed by atoms with Gasteiger partial charge in [-0.3, -0.25) is 4.79 Å². The zero-order valence-corrected chi connectivity index (χ0v) is 21.2. The van der Waals surface area contributed by atoms with Crippen LogP contribution in [0.5, 0.6) is 0 Å². The number of benzene rings is 2. The summed E-state index contributed by atoms with van der Waals surface area (Å²) in [5.74, 6) is -0.745. The molecule has 3 rings (SSSR count). The summed E-state index contributed by atoms with van der Waals surface area (Å²) in [6, 6.07) is 14.7. The summed E-state index contributed by atoms with van der Waals surface area (Å²) >= 11 is 7.10. The maximum atomic E-state index is 12.9. The van der Waals surface area contributed by atoms with Crippen molar-refractivity contribution in [2.75, 3.05) is 19.6 Å². The molecule has 158 valence electrons. The second-order valence-electron chi connectivity index (χ2n) is 7.33. The first-order chi connectivity index (χ1) is 14.1. The summed E-state index contributed by atoms with van der Waals surface area (Å²) in [6.45, 7) is 6.36. The predicted octanol–water partition coefficient (Wildman–Crippen LogP) is 2.51. The van der Waals surface area contributed by atoms with Crippen molar-refractivity contribution in [3.8, 4) is 0 Å². The van der Waals surface area contributed by atoms with E-state index in [1.807, 2.05) is 25.1 Å². The number of carbonyl (C=O) groups is 1. The van der Waals surface area contributed by atoms with Crippen molar-refractivity contribution in [2.45, 2.75) is 37.8 Å². The molecule has 1 N–H and O–H groups in total. The van der Waals surface area contributed by atoms with Crippen molar-refractivity contribution in [2.24, 2.45) is 0 Å². The Morgan fingerprint density at radius 3 is 2.40 bits per heavy atom. The first-order valence-corrected chi connectivity index (χ1v) is 12.7. The van der Waals surface area contributed by atoms with Crippen molar-refractivity contribution >= 4 is 58.3 Å². The molecule has 1 atom stereocenters. The fourth-order valence-corrected chi connectivity index (χ4v) is 5.59. The first kappa shape index (κ1) is 25.3. The van der Waals surface area contributed by atoms with Crippen molar-refractivity contribution in [3.05, 3.63) is 59.1 Å².